The number of para-hydroxylation sites is 2. The Morgan fingerprint density at radius 2 is 1.25 bits per heavy atom. The van der Waals surface area contributed by atoms with Gasteiger partial charge in [-0.15, -0.1) is 11.3 Å². The van der Waals surface area contributed by atoms with Crippen molar-refractivity contribution < 1.29 is 0 Å². The number of aromatic nitrogens is 3. The van der Waals surface area contributed by atoms with Crippen LogP contribution in [0.25, 0.3) is 91.5 Å². The molecule has 0 N–H and O–H groups in total. The highest BCUT2D eigenvalue weighted by molar-refractivity contribution is 7.26. The van der Waals surface area contributed by atoms with Gasteiger partial charge >= 0.3 is 0 Å². The molecule has 0 unspecified atom stereocenters. The van der Waals surface area contributed by atoms with Crippen LogP contribution in [0.3, 0.4) is 0 Å². The summed E-state index contributed by atoms with van der Waals surface area (Å²) in [5.74, 6) is 0. The zero-order chi connectivity index (χ0) is 25.9. The van der Waals surface area contributed by atoms with E-state index >= 15 is 0 Å². The van der Waals surface area contributed by atoms with E-state index in [2.05, 4.69) is 108 Å². The van der Waals surface area contributed by atoms with Crippen LogP contribution in [-0.4, -0.2) is 14.4 Å². The molecule has 40 heavy (non-hydrogen) atoms. The second-order valence-corrected chi connectivity index (χ2v) is 11.7. The highest BCUT2D eigenvalue weighted by atomic mass is 32.1. The van der Waals surface area contributed by atoms with Crippen LogP contribution in [0, 0.1) is 0 Å². The minimum atomic E-state index is 0.918. The number of benzene rings is 6. The summed E-state index contributed by atoms with van der Waals surface area (Å²) in [7, 11) is 0. The molecule has 4 aromatic heterocycles. The van der Waals surface area contributed by atoms with Crippen LogP contribution >= 0.6 is 11.3 Å². The van der Waals surface area contributed by atoms with E-state index < -0.39 is 0 Å². The molecule has 3 nitrogen and oxygen atoms in total. The summed E-state index contributed by atoms with van der Waals surface area (Å²) in [4.78, 5) is 10.5. The molecule has 0 aliphatic carbocycles. The zero-order valence-corrected chi connectivity index (χ0v) is 22.0. The maximum Gasteiger partial charge on any atom is 0.165 e. The van der Waals surface area contributed by atoms with E-state index in [4.69, 9.17) is 9.97 Å². The molecular formula is C36H19N3S. The summed E-state index contributed by atoms with van der Waals surface area (Å²) in [6.07, 6.45) is 0. The van der Waals surface area contributed by atoms with Crippen molar-refractivity contribution >= 4 is 91.7 Å². The van der Waals surface area contributed by atoms with Gasteiger partial charge in [-0.05, 0) is 52.2 Å². The first-order valence-corrected chi connectivity index (χ1v) is 14.3. The zero-order valence-electron chi connectivity index (χ0n) is 21.2. The molecule has 0 bridgehead atoms. The van der Waals surface area contributed by atoms with Crippen LogP contribution in [0.2, 0.25) is 0 Å². The summed E-state index contributed by atoms with van der Waals surface area (Å²) in [5.41, 5.74) is 8.60. The summed E-state index contributed by atoms with van der Waals surface area (Å²) in [5, 5.41) is 8.77. The molecule has 0 fully saturated rings. The standard InChI is InChI=1S/C36H19N3S/c1-2-10-22-20(8-1)9-7-12-23(22)21-18-27-25-16-17-26-24-11-3-6-15-31(24)40-35(26)34(25)39-33(27)28(19-21)32-36(39)38-30-14-5-4-13-29(30)37-32/h1-19H. The third-order valence-electron chi connectivity index (χ3n) is 8.49. The number of hydrogen-bond donors (Lipinski definition) is 0. The fraction of sp³-hybridized carbons (Fsp3) is 0. The predicted octanol–water partition coefficient (Wildman–Crippen LogP) is 9.97. The van der Waals surface area contributed by atoms with E-state index in [0.29, 0.717) is 0 Å². The van der Waals surface area contributed by atoms with E-state index in [1.54, 1.807) is 0 Å². The van der Waals surface area contributed by atoms with Crippen molar-refractivity contribution in [3.63, 3.8) is 0 Å². The monoisotopic (exact) mass is 525 g/mol. The average Bonchev–Trinajstić information content (AvgIpc) is 3.65. The molecule has 4 heterocycles. The fourth-order valence-corrected chi connectivity index (χ4v) is 8.00. The Morgan fingerprint density at radius 1 is 0.525 bits per heavy atom. The fourth-order valence-electron chi connectivity index (χ4n) is 6.76. The van der Waals surface area contributed by atoms with Gasteiger partial charge in [0, 0.05) is 31.6 Å². The van der Waals surface area contributed by atoms with Gasteiger partial charge in [0.25, 0.3) is 0 Å². The lowest BCUT2D eigenvalue weighted by atomic mass is 9.95. The van der Waals surface area contributed by atoms with Gasteiger partial charge in [0.2, 0.25) is 0 Å². The molecule has 4 heteroatoms. The first-order chi connectivity index (χ1) is 19.8. The van der Waals surface area contributed by atoms with E-state index in [-0.39, 0.29) is 0 Å². The lowest BCUT2D eigenvalue weighted by molar-refractivity contribution is 1.28. The largest absolute Gasteiger partial charge is 0.290 e. The molecule has 0 aliphatic rings. The lowest BCUT2D eigenvalue weighted by Gasteiger charge is -2.08. The highest BCUT2D eigenvalue weighted by Crippen LogP contribution is 2.46. The Kier molecular flexibility index (Phi) is 3.81. The van der Waals surface area contributed by atoms with Crippen molar-refractivity contribution in [2.45, 2.75) is 0 Å². The smallest absolute Gasteiger partial charge is 0.165 e. The second kappa shape index (κ2) is 7.32. The van der Waals surface area contributed by atoms with Crippen LogP contribution in [0.1, 0.15) is 0 Å². The van der Waals surface area contributed by atoms with Crippen molar-refractivity contribution in [2.75, 3.05) is 0 Å². The molecule has 0 aliphatic heterocycles. The quantitative estimate of drug-likeness (QED) is 0.213. The molecule has 10 aromatic rings. The minimum absolute atomic E-state index is 0.918. The number of nitrogens with zero attached hydrogens (tertiary/aromatic N) is 3. The first kappa shape index (κ1) is 20.8. The molecule has 184 valence electrons. The average molecular weight is 526 g/mol. The van der Waals surface area contributed by atoms with Gasteiger partial charge in [-0.2, -0.15) is 0 Å². The van der Waals surface area contributed by atoms with Gasteiger partial charge in [0.15, 0.2) is 5.65 Å². The minimum Gasteiger partial charge on any atom is -0.290 e. The van der Waals surface area contributed by atoms with Gasteiger partial charge in [-0.3, -0.25) is 4.40 Å². The Bertz CT molecular complexity index is 2650. The molecule has 0 radical (unpaired) electrons. The summed E-state index contributed by atoms with van der Waals surface area (Å²) < 4.78 is 5.00. The third-order valence-corrected chi connectivity index (χ3v) is 9.68. The maximum absolute atomic E-state index is 5.24. The normalized spacial score (nSPS) is 12.5. The highest BCUT2D eigenvalue weighted by Gasteiger charge is 2.23. The van der Waals surface area contributed by atoms with Crippen LogP contribution in [0.15, 0.2) is 115 Å². The molecular weight excluding hydrogens is 506 g/mol. The van der Waals surface area contributed by atoms with Gasteiger partial charge in [-0.25, -0.2) is 9.97 Å². The van der Waals surface area contributed by atoms with Crippen LogP contribution in [-0.2, 0) is 0 Å². The Balaban J connectivity index is 1.47. The number of rotatable bonds is 1. The van der Waals surface area contributed by atoms with Crippen molar-refractivity contribution in [2.24, 2.45) is 0 Å². The van der Waals surface area contributed by atoms with Gasteiger partial charge in [-0.1, -0.05) is 84.9 Å². The summed E-state index contributed by atoms with van der Waals surface area (Å²) in [6, 6.07) is 41.5. The third kappa shape index (κ3) is 2.54. The second-order valence-electron chi connectivity index (χ2n) is 10.6. The van der Waals surface area contributed by atoms with Gasteiger partial charge < -0.3 is 0 Å². The predicted molar refractivity (Wildman–Crippen MR) is 170 cm³/mol. The Labute approximate surface area is 231 Å². The SMILES string of the molecule is c1ccc2c(-c3cc4c5ccc6c7ccccc7sc6c5n5c6nc7ccccc7nc6c(c3)c45)cccc2c1. The van der Waals surface area contributed by atoms with Gasteiger partial charge in [0.05, 0.1) is 26.8 Å². The molecule has 10 rings (SSSR count). The first-order valence-electron chi connectivity index (χ1n) is 13.5. The van der Waals surface area contributed by atoms with Crippen molar-refractivity contribution in [3.05, 3.63) is 115 Å². The van der Waals surface area contributed by atoms with E-state index in [1.165, 1.54) is 63.9 Å². The molecule has 0 atom stereocenters. The van der Waals surface area contributed by atoms with Crippen molar-refractivity contribution in [1.82, 2.24) is 14.4 Å². The Morgan fingerprint density at radius 3 is 2.17 bits per heavy atom. The summed E-state index contributed by atoms with van der Waals surface area (Å²) in [6.45, 7) is 0. The van der Waals surface area contributed by atoms with Crippen LogP contribution < -0.4 is 0 Å². The summed E-state index contributed by atoms with van der Waals surface area (Å²) >= 11 is 1.87. The maximum atomic E-state index is 5.24. The van der Waals surface area contributed by atoms with Crippen molar-refractivity contribution in [1.29, 1.82) is 0 Å². The molecule has 6 aromatic carbocycles. The molecule has 0 amide bonds. The van der Waals surface area contributed by atoms with Crippen molar-refractivity contribution in [3.8, 4) is 11.1 Å². The van der Waals surface area contributed by atoms with E-state index in [0.717, 1.165) is 27.6 Å². The topological polar surface area (TPSA) is 30.2 Å². The molecule has 0 saturated carbocycles. The number of thiophene rings is 1. The van der Waals surface area contributed by atoms with E-state index in [1.807, 2.05) is 23.5 Å². The molecule has 0 saturated heterocycles. The van der Waals surface area contributed by atoms with E-state index in [9.17, 15) is 0 Å². The van der Waals surface area contributed by atoms with Gasteiger partial charge in [0.1, 0.15) is 5.52 Å². The number of fused-ring (bicyclic) bond motifs is 12. The Hall–Kier alpha value is -5.06. The lowest BCUT2D eigenvalue weighted by Crippen LogP contribution is -1.89. The molecule has 0 spiro atoms. The van der Waals surface area contributed by atoms with Crippen LogP contribution in [0.4, 0.5) is 0 Å². The van der Waals surface area contributed by atoms with Crippen LogP contribution in [0.5, 0.6) is 0 Å². The number of hydrogen-bond acceptors (Lipinski definition) is 3.